The molecule has 3 aromatic carbocycles. The Hall–Kier alpha value is -3.93. The highest BCUT2D eigenvalue weighted by atomic mass is 16.5. The molecule has 2 heterocycles. The Morgan fingerprint density at radius 1 is 0.879 bits per heavy atom. The predicted molar refractivity (Wildman–Crippen MR) is 124 cm³/mol. The van der Waals surface area contributed by atoms with Crippen molar-refractivity contribution in [3.8, 4) is 28.6 Å². The zero-order valence-corrected chi connectivity index (χ0v) is 18.1. The molecule has 6 heteroatoms. The van der Waals surface area contributed by atoms with Crippen LogP contribution >= 0.6 is 0 Å². The summed E-state index contributed by atoms with van der Waals surface area (Å²) in [6.45, 7) is 1.25. The van der Waals surface area contributed by atoms with E-state index in [4.69, 9.17) is 9.26 Å². The van der Waals surface area contributed by atoms with Gasteiger partial charge in [0.1, 0.15) is 11.9 Å². The van der Waals surface area contributed by atoms with E-state index in [1.54, 1.807) is 0 Å². The van der Waals surface area contributed by atoms with Gasteiger partial charge in [0.05, 0.1) is 18.5 Å². The SMILES string of the molecule is O=C(N1CC(Oc2ccc(-c3noc(-c4ccccc4)n3)cc2)C1)C1(c2ccccc2)CC1. The highest BCUT2D eigenvalue weighted by Gasteiger charge is 2.54. The molecule has 4 aromatic rings. The molecule has 1 aliphatic carbocycles. The van der Waals surface area contributed by atoms with Crippen molar-refractivity contribution in [1.82, 2.24) is 15.0 Å². The van der Waals surface area contributed by atoms with Gasteiger partial charge in [-0.2, -0.15) is 4.98 Å². The Bertz CT molecular complexity index is 1260. The Morgan fingerprint density at radius 2 is 1.55 bits per heavy atom. The second-order valence-electron chi connectivity index (χ2n) is 8.71. The topological polar surface area (TPSA) is 68.5 Å². The highest BCUT2D eigenvalue weighted by molar-refractivity contribution is 5.92. The molecule has 0 spiro atoms. The van der Waals surface area contributed by atoms with Gasteiger partial charge in [0.2, 0.25) is 11.7 Å². The maximum absolute atomic E-state index is 13.1. The van der Waals surface area contributed by atoms with Crippen LogP contribution in [0.15, 0.2) is 89.5 Å². The second-order valence-corrected chi connectivity index (χ2v) is 8.71. The molecule has 0 radical (unpaired) electrons. The lowest BCUT2D eigenvalue weighted by Gasteiger charge is -2.41. The highest BCUT2D eigenvalue weighted by Crippen LogP contribution is 2.50. The predicted octanol–water partition coefficient (Wildman–Crippen LogP) is 4.73. The van der Waals surface area contributed by atoms with Gasteiger partial charge < -0.3 is 14.2 Å². The Labute approximate surface area is 191 Å². The lowest BCUT2D eigenvalue weighted by molar-refractivity contribution is -0.142. The van der Waals surface area contributed by atoms with E-state index >= 15 is 0 Å². The van der Waals surface area contributed by atoms with Crippen LogP contribution in [-0.4, -0.2) is 40.1 Å². The summed E-state index contributed by atoms with van der Waals surface area (Å²) >= 11 is 0. The zero-order chi connectivity index (χ0) is 22.3. The van der Waals surface area contributed by atoms with Crippen molar-refractivity contribution in [3.63, 3.8) is 0 Å². The monoisotopic (exact) mass is 437 g/mol. The molecule has 2 fully saturated rings. The van der Waals surface area contributed by atoms with Crippen molar-refractivity contribution < 1.29 is 14.1 Å². The molecule has 33 heavy (non-hydrogen) atoms. The maximum atomic E-state index is 13.1. The molecular formula is C27H23N3O3. The number of nitrogens with zero attached hydrogens (tertiary/aromatic N) is 3. The van der Waals surface area contributed by atoms with E-state index in [-0.39, 0.29) is 17.4 Å². The maximum Gasteiger partial charge on any atom is 0.258 e. The minimum Gasteiger partial charge on any atom is -0.487 e. The van der Waals surface area contributed by atoms with Crippen LogP contribution in [-0.2, 0) is 10.2 Å². The number of rotatable bonds is 6. The van der Waals surface area contributed by atoms with E-state index < -0.39 is 0 Å². The summed E-state index contributed by atoms with van der Waals surface area (Å²) in [5.41, 5.74) is 2.57. The Kier molecular flexibility index (Phi) is 4.72. The van der Waals surface area contributed by atoms with Crippen LogP contribution in [0.25, 0.3) is 22.8 Å². The minimum absolute atomic E-state index is 0.0150. The van der Waals surface area contributed by atoms with Crippen LogP contribution in [0.4, 0.5) is 0 Å². The van der Waals surface area contributed by atoms with Gasteiger partial charge in [-0.3, -0.25) is 4.79 Å². The van der Waals surface area contributed by atoms with Gasteiger partial charge in [0.25, 0.3) is 5.89 Å². The number of carbonyl (C=O) groups is 1. The zero-order valence-electron chi connectivity index (χ0n) is 18.1. The first-order valence-electron chi connectivity index (χ1n) is 11.2. The smallest absolute Gasteiger partial charge is 0.258 e. The first-order chi connectivity index (χ1) is 16.2. The fraction of sp³-hybridized carbons (Fsp3) is 0.222. The third-order valence-electron chi connectivity index (χ3n) is 6.48. The minimum atomic E-state index is -0.308. The van der Waals surface area contributed by atoms with Crippen molar-refractivity contribution in [1.29, 1.82) is 0 Å². The van der Waals surface area contributed by atoms with Gasteiger partial charge in [-0.05, 0) is 54.8 Å². The summed E-state index contributed by atoms with van der Waals surface area (Å²) in [5.74, 6) is 2.03. The standard InChI is InChI=1S/C27H23N3O3/c31-26(27(15-16-27)21-9-5-2-6-10-21)30-17-23(18-30)32-22-13-11-19(12-14-22)24-28-25(33-29-24)20-7-3-1-4-8-20/h1-14,23H,15-18H2. The average molecular weight is 437 g/mol. The molecule has 1 amide bonds. The molecule has 1 saturated heterocycles. The molecule has 6 nitrogen and oxygen atoms in total. The number of hydrogen-bond donors (Lipinski definition) is 0. The van der Waals surface area contributed by atoms with Crippen molar-refractivity contribution in [2.45, 2.75) is 24.4 Å². The third kappa shape index (κ3) is 3.67. The summed E-state index contributed by atoms with van der Waals surface area (Å²) in [4.78, 5) is 19.5. The normalized spacial score (nSPS) is 16.8. The van der Waals surface area contributed by atoms with Crippen LogP contribution in [0.1, 0.15) is 18.4 Å². The molecule has 1 aliphatic heterocycles. The summed E-state index contributed by atoms with van der Waals surface area (Å²) in [6, 6.07) is 27.5. The molecule has 164 valence electrons. The Balaban J connectivity index is 1.06. The van der Waals surface area contributed by atoms with E-state index in [1.807, 2.05) is 77.7 Å². The number of likely N-dealkylation sites (tertiary alicyclic amines) is 1. The average Bonchev–Trinajstić information content (AvgIpc) is 3.52. The number of aromatic nitrogens is 2. The first kappa shape index (κ1) is 19.7. The number of amides is 1. The molecule has 0 N–H and O–H groups in total. The molecule has 0 atom stereocenters. The fourth-order valence-electron chi connectivity index (χ4n) is 4.40. The lowest BCUT2D eigenvalue weighted by Crippen LogP contribution is -2.58. The summed E-state index contributed by atoms with van der Waals surface area (Å²) in [7, 11) is 0. The van der Waals surface area contributed by atoms with Crippen molar-refractivity contribution in [2.75, 3.05) is 13.1 Å². The molecular weight excluding hydrogens is 414 g/mol. The van der Waals surface area contributed by atoms with Gasteiger partial charge in [0.15, 0.2) is 0 Å². The van der Waals surface area contributed by atoms with E-state index in [0.717, 1.165) is 35.3 Å². The van der Waals surface area contributed by atoms with Gasteiger partial charge in [-0.25, -0.2) is 0 Å². The van der Waals surface area contributed by atoms with Gasteiger partial charge >= 0.3 is 0 Å². The largest absolute Gasteiger partial charge is 0.487 e. The second kappa shape index (κ2) is 7.89. The van der Waals surface area contributed by atoms with Crippen LogP contribution in [0, 0.1) is 0 Å². The van der Waals surface area contributed by atoms with Gasteiger partial charge in [-0.15, -0.1) is 0 Å². The third-order valence-corrected chi connectivity index (χ3v) is 6.48. The van der Waals surface area contributed by atoms with Gasteiger partial charge in [-0.1, -0.05) is 53.7 Å². The Morgan fingerprint density at radius 3 is 2.21 bits per heavy atom. The quantitative estimate of drug-likeness (QED) is 0.436. The molecule has 1 saturated carbocycles. The number of hydrogen-bond acceptors (Lipinski definition) is 5. The van der Waals surface area contributed by atoms with Crippen molar-refractivity contribution in [3.05, 3.63) is 90.5 Å². The van der Waals surface area contributed by atoms with Gasteiger partial charge in [0, 0.05) is 11.1 Å². The van der Waals surface area contributed by atoms with E-state index in [1.165, 1.54) is 0 Å². The van der Waals surface area contributed by atoms with E-state index in [2.05, 4.69) is 22.3 Å². The molecule has 6 rings (SSSR count). The van der Waals surface area contributed by atoms with Crippen LogP contribution in [0.5, 0.6) is 5.75 Å². The fourth-order valence-corrected chi connectivity index (χ4v) is 4.40. The van der Waals surface area contributed by atoms with Crippen molar-refractivity contribution in [2.24, 2.45) is 0 Å². The number of benzene rings is 3. The molecule has 1 aromatic heterocycles. The molecule has 2 aliphatic rings. The summed E-state index contributed by atoms with van der Waals surface area (Å²) in [6.07, 6.45) is 1.88. The van der Waals surface area contributed by atoms with E-state index in [9.17, 15) is 4.79 Å². The summed E-state index contributed by atoms with van der Waals surface area (Å²) < 4.78 is 11.5. The lowest BCUT2D eigenvalue weighted by atomic mass is 9.93. The molecule has 0 unspecified atom stereocenters. The first-order valence-corrected chi connectivity index (χ1v) is 11.2. The van der Waals surface area contributed by atoms with E-state index in [0.29, 0.717) is 24.8 Å². The number of carbonyl (C=O) groups excluding carboxylic acids is 1. The number of ether oxygens (including phenoxy) is 1. The summed E-state index contributed by atoms with van der Waals surface area (Å²) in [5, 5.41) is 4.09. The van der Waals surface area contributed by atoms with Crippen LogP contribution < -0.4 is 4.74 Å². The molecule has 0 bridgehead atoms. The van der Waals surface area contributed by atoms with Crippen LogP contribution in [0.3, 0.4) is 0 Å². The van der Waals surface area contributed by atoms with Crippen molar-refractivity contribution >= 4 is 5.91 Å². The van der Waals surface area contributed by atoms with Crippen LogP contribution in [0.2, 0.25) is 0 Å².